The van der Waals surface area contributed by atoms with Gasteiger partial charge in [0.25, 0.3) is 5.91 Å². The van der Waals surface area contributed by atoms with E-state index in [4.69, 9.17) is 10.5 Å². The Kier molecular flexibility index (Phi) is 3.13. The van der Waals surface area contributed by atoms with Crippen LogP contribution in [0.1, 0.15) is 16.1 Å². The van der Waals surface area contributed by atoms with Crippen LogP contribution >= 0.6 is 11.3 Å². The van der Waals surface area contributed by atoms with Crippen molar-refractivity contribution in [2.24, 2.45) is 5.73 Å². The number of thiazole rings is 1. The van der Waals surface area contributed by atoms with E-state index in [1.54, 1.807) is 34.9 Å². The quantitative estimate of drug-likeness (QED) is 0.766. The number of aliphatic hydroxyl groups is 1. The number of aliphatic hydroxyl groups excluding tert-OH is 1. The number of amides is 1. The Morgan fingerprint density at radius 1 is 1.45 bits per heavy atom. The summed E-state index contributed by atoms with van der Waals surface area (Å²) < 4.78 is 7.39. The molecule has 0 fully saturated rings. The summed E-state index contributed by atoms with van der Waals surface area (Å²) in [5.74, 6) is 0.0145. The number of para-hydroxylation sites is 1. The lowest BCUT2D eigenvalue weighted by Crippen LogP contribution is -2.12. The van der Waals surface area contributed by atoms with Crippen molar-refractivity contribution in [2.75, 3.05) is 0 Å². The zero-order chi connectivity index (χ0) is 14.1. The van der Waals surface area contributed by atoms with E-state index < -0.39 is 5.91 Å². The van der Waals surface area contributed by atoms with Gasteiger partial charge in [0.15, 0.2) is 4.96 Å². The minimum atomic E-state index is -0.577. The lowest BCUT2D eigenvalue weighted by Gasteiger charge is -2.07. The van der Waals surface area contributed by atoms with Crippen molar-refractivity contribution < 1.29 is 14.6 Å². The third kappa shape index (κ3) is 2.02. The Balaban J connectivity index is 2.05. The smallest absolute Gasteiger partial charge is 0.252 e. The lowest BCUT2D eigenvalue weighted by molar-refractivity contribution is 0.0998. The second-order valence-electron chi connectivity index (χ2n) is 4.04. The van der Waals surface area contributed by atoms with Crippen LogP contribution in [0.4, 0.5) is 0 Å². The molecular weight excluding hydrogens is 278 g/mol. The predicted octanol–water partition coefficient (Wildman–Crippen LogP) is 1.78. The van der Waals surface area contributed by atoms with E-state index in [9.17, 15) is 9.90 Å². The SMILES string of the molecule is NC(=O)c1ccccc1Oc1nc2sccn2c1CO. The minimum absolute atomic E-state index is 0.216. The maximum Gasteiger partial charge on any atom is 0.252 e. The van der Waals surface area contributed by atoms with Crippen molar-refractivity contribution in [1.29, 1.82) is 0 Å². The first-order valence-corrected chi connectivity index (χ1v) is 6.70. The number of nitrogens with zero attached hydrogens (tertiary/aromatic N) is 2. The maximum atomic E-state index is 11.4. The van der Waals surface area contributed by atoms with Gasteiger partial charge in [-0.25, -0.2) is 0 Å². The van der Waals surface area contributed by atoms with Crippen molar-refractivity contribution in [3.8, 4) is 11.6 Å². The molecule has 2 aromatic heterocycles. The molecule has 1 amide bonds. The number of carbonyl (C=O) groups excluding carboxylic acids is 1. The Bertz CT molecular complexity index is 778. The third-order valence-electron chi connectivity index (χ3n) is 2.83. The van der Waals surface area contributed by atoms with E-state index in [2.05, 4.69) is 4.98 Å². The summed E-state index contributed by atoms with van der Waals surface area (Å²) in [5.41, 5.74) is 6.10. The number of primary amides is 1. The first kappa shape index (κ1) is 12.6. The number of imidazole rings is 1. The average molecular weight is 289 g/mol. The van der Waals surface area contributed by atoms with Crippen molar-refractivity contribution in [3.05, 3.63) is 47.1 Å². The summed E-state index contributed by atoms with van der Waals surface area (Å²) in [4.78, 5) is 16.4. The summed E-state index contributed by atoms with van der Waals surface area (Å²) in [6.45, 7) is -0.216. The van der Waals surface area contributed by atoms with E-state index in [-0.39, 0.29) is 18.1 Å². The molecule has 1 aromatic carbocycles. The molecule has 0 aliphatic carbocycles. The standard InChI is InChI=1S/C13H11N3O3S/c14-11(18)8-3-1-2-4-10(8)19-12-9(7-17)16-5-6-20-13(16)15-12/h1-6,17H,7H2,(H2,14,18). The first-order chi connectivity index (χ1) is 9.70. The second kappa shape index (κ2) is 4.95. The number of rotatable bonds is 4. The monoisotopic (exact) mass is 289 g/mol. The van der Waals surface area contributed by atoms with Crippen molar-refractivity contribution in [1.82, 2.24) is 9.38 Å². The number of hydrogen-bond donors (Lipinski definition) is 2. The molecule has 0 aliphatic heterocycles. The van der Waals surface area contributed by atoms with Crippen molar-refractivity contribution >= 4 is 22.2 Å². The number of carbonyl (C=O) groups is 1. The van der Waals surface area contributed by atoms with Crippen LogP contribution in [0, 0.1) is 0 Å². The van der Waals surface area contributed by atoms with Crippen LogP contribution in [0.2, 0.25) is 0 Å². The Morgan fingerprint density at radius 2 is 2.25 bits per heavy atom. The van der Waals surface area contributed by atoms with E-state index in [0.29, 0.717) is 16.4 Å². The van der Waals surface area contributed by atoms with Gasteiger partial charge in [0.2, 0.25) is 5.88 Å². The topological polar surface area (TPSA) is 89.9 Å². The largest absolute Gasteiger partial charge is 0.436 e. The molecule has 0 bridgehead atoms. The Hall–Kier alpha value is -2.38. The highest BCUT2D eigenvalue weighted by Gasteiger charge is 2.17. The molecule has 0 saturated carbocycles. The van der Waals surface area contributed by atoms with Crippen LogP contribution in [-0.2, 0) is 6.61 Å². The summed E-state index contributed by atoms with van der Waals surface area (Å²) in [7, 11) is 0. The van der Waals surface area contributed by atoms with Crippen LogP contribution in [0.15, 0.2) is 35.8 Å². The summed E-state index contributed by atoms with van der Waals surface area (Å²) in [6, 6.07) is 6.65. The van der Waals surface area contributed by atoms with Gasteiger partial charge in [-0.2, -0.15) is 4.98 Å². The summed E-state index contributed by atoms with van der Waals surface area (Å²) >= 11 is 1.43. The highest BCUT2D eigenvalue weighted by atomic mass is 32.1. The second-order valence-corrected chi connectivity index (χ2v) is 4.91. The number of aromatic nitrogens is 2. The normalized spacial score (nSPS) is 10.8. The molecule has 6 nitrogen and oxygen atoms in total. The van der Waals surface area contributed by atoms with Gasteiger partial charge in [-0.3, -0.25) is 9.20 Å². The van der Waals surface area contributed by atoms with Crippen LogP contribution in [-0.4, -0.2) is 20.4 Å². The van der Waals surface area contributed by atoms with Crippen LogP contribution < -0.4 is 10.5 Å². The van der Waals surface area contributed by atoms with Crippen LogP contribution in [0.25, 0.3) is 4.96 Å². The zero-order valence-corrected chi connectivity index (χ0v) is 11.1. The molecule has 3 aromatic rings. The molecule has 102 valence electrons. The van der Waals surface area contributed by atoms with Gasteiger partial charge in [0.05, 0.1) is 12.2 Å². The molecule has 3 rings (SSSR count). The van der Waals surface area contributed by atoms with Gasteiger partial charge in [-0.15, -0.1) is 11.3 Å². The molecule has 0 unspecified atom stereocenters. The molecule has 3 N–H and O–H groups in total. The van der Waals surface area contributed by atoms with E-state index >= 15 is 0 Å². The molecular formula is C13H11N3O3S. The van der Waals surface area contributed by atoms with Gasteiger partial charge in [-0.1, -0.05) is 12.1 Å². The highest BCUT2D eigenvalue weighted by Crippen LogP contribution is 2.29. The fourth-order valence-corrected chi connectivity index (χ4v) is 2.63. The zero-order valence-electron chi connectivity index (χ0n) is 10.3. The lowest BCUT2D eigenvalue weighted by atomic mass is 10.2. The summed E-state index contributed by atoms with van der Waals surface area (Å²) in [5, 5.41) is 11.3. The Labute approximate surface area is 118 Å². The van der Waals surface area contributed by atoms with E-state index in [1.165, 1.54) is 11.3 Å². The first-order valence-electron chi connectivity index (χ1n) is 5.82. The third-order valence-corrected chi connectivity index (χ3v) is 3.59. The highest BCUT2D eigenvalue weighted by molar-refractivity contribution is 7.15. The average Bonchev–Trinajstić information content (AvgIpc) is 2.99. The van der Waals surface area contributed by atoms with Crippen molar-refractivity contribution in [3.63, 3.8) is 0 Å². The van der Waals surface area contributed by atoms with Crippen LogP contribution in [0.3, 0.4) is 0 Å². The van der Waals surface area contributed by atoms with Gasteiger partial charge >= 0.3 is 0 Å². The maximum absolute atomic E-state index is 11.4. The van der Waals surface area contributed by atoms with Gasteiger partial charge < -0.3 is 15.6 Å². The molecule has 0 aliphatic rings. The fourth-order valence-electron chi connectivity index (χ4n) is 1.90. The van der Waals surface area contributed by atoms with E-state index in [0.717, 1.165) is 0 Å². The fraction of sp³-hybridized carbons (Fsp3) is 0.0769. The molecule has 2 heterocycles. The Morgan fingerprint density at radius 3 is 3.00 bits per heavy atom. The molecule has 0 saturated heterocycles. The molecule has 0 atom stereocenters. The van der Waals surface area contributed by atoms with Crippen LogP contribution in [0.5, 0.6) is 11.6 Å². The van der Waals surface area contributed by atoms with Gasteiger partial charge in [0, 0.05) is 11.6 Å². The number of ether oxygens (including phenoxy) is 1. The predicted molar refractivity (Wildman–Crippen MR) is 74.0 cm³/mol. The minimum Gasteiger partial charge on any atom is -0.436 e. The molecule has 0 spiro atoms. The van der Waals surface area contributed by atoms with E-state index in [1.807, 2.05) is 5.38 Å². The molecule has 7 heteroatoms. The molecule has 20 heavy (non-hydrogen) atoms. The van der Waals surface area contributed by atoms with Gasteiger partial charge in [-0.05, 0) is 12.1 Å². The molecule has 0 radical (unpaired) electrons. The number of nitrogens with two attached hydrogens (primary N) is 1. The number of fused-ring (bicyclic) bond motifs is 1. The van der Waals surface area contributed by atoms with Gasteiger partial charge in [0.1, 0.15) is 11.4 Å². The van der Waals surface area contributed by atoms with Crippen molar-refractivity contribution in [2.45, 2.75) is 6.61 Å². The number of hydrogen-bond acceptors (Lipinski definition) is 5. The summed E-state index contributed by atoms with van der Waals surface area (Å²) in [6.07, 6.45) is 1.80. The number of benzene rings is 1.